The first-order valence-electron chi connectivity index (χ1n) is 8.37. The Bertz CT molecular complexity index is 746. The van der Waals surface area contributed by atoms with E-state index in [1.807, 2.05) is 50.3 Å². The standard InChI is InChI=1S/C19H24N4O4/c1-13(2)11-21-19(26)22-17(24)12-27-18(25)15(10-20)9-14-5-7-16(8-6-14)23(3)4/h5-9,13H,11-12H2,1-4H3,(H2,21,22,24,26)/b15-9+. The lowest BCUT2D eigenvalue weighted by atomic mass is 10.1. The molecule has 8 nitrogen and oxygen atoms in total. The van der Waals surface area contributed by atoms with Crippen LogP contribution in [-0.2, 0) is 14.3 Å². The Morgan fingerprint density at radius 3 is 2.37 bits per heavy atom. The maximum absolute atomic E-state index is 12.0. The van der Waals surface area contributed by atoms with Crippen LogP contribution >= 0.6 is 0 Å². The van der Waals surface area contributed by atoms with Crippen LogP contribution in [0, 0.1) is 17.2 Å². The molecule has 0 spiro atoms. The maximum atomic E-state index is 12.0. The van der Waals surface area contributed by atoms with Gasteiger partial charge in [0.2, 0.25) is 0 Å². The number of esters is 1. The molecule has 0 aliphatic heterocycles. The van der Waals surface area contributed by atoms with Crippen LogP contribution in [0.4, 0.5) is 10.5 Å². The number of amides is 3. The molecule has 144 valence electrons. The Hall–Kier alpha value is -3.34. The lowest BCUT2D eigenvalue weighted by molar-refractivity contribution is -0.144. The summed E-state index contributed by atoms with van der Waals surface area (Å²) in [5, 5.41) is 13.7. The monoisotopic (exact) mass is 372 g/mol. The number of benzene rings is 1. The molecule has 1 rings (SSSR count). The van der Waals surface area contributed by atoms with E-state index in [9.17, 15) is 14.4 Å². The van der Waals surface area contributed by atoms with E-state index < -0.39 is 24.5 Å². The highest BCUT2D eigenvalue weighted by Crippen LogP contribution is 2.15. The molecule has 0 heterocycles. The van der Waals surface area contributed by atoms with Crippen molar-refractivity contribution >= 4 is 29.7 Å². The molecule has 0 aliphatic carbocycles. The molecule has 1 aromatic rings. The van der Waals surface area contributed by atoms with Crippen molar-refractivity contribution in [1.82, 2.24) is 10.6 Å². The zero-order valence-corrected chi connectivity index (χ0v) is 15.9. The summed E-state index contributed by atoms with van der Waals surface area (Å²) in [6, 6.07) is 8.28. The third-order valence-electron chi connectivity index (χ3n) is 3.32. The third-order valence-corrected chi connectivity index (χ3v) is 3.32. The van der Waals surface area contributed by atoms with Gasteiger partial charge in [-0.3, -0.25) is 10.1 Å². The summed E-state index contributed by atoms with van der Waals surface area (Å²) in [7, 11) is 3.80. The lowest BCUT2D eigenvalue weighted by Crippen LogP contribution is -2.42. The van der Waals surface area contributed by atoms with Crippen molar-refractivity contribution in [2.75, 3.05) is 32.1 Å². The highest BCUT2D eigenvalue weighted by Gasteiger charge is 2.14. The van der Waals surface area contributed by atoms with Gasteiger partial charge in [-0.2, -0.15) is 5.26 Å². The van der Waals surface area contributed by atoms with Gasteiger partial charge in [0, 0.05) is 26.3 Å². The Labute approximate surface area is 158 Å². The van der Waals surface area contributed by atoms with Crippen LogP contribution in [0.3, 0.4) is 0 Å². The summed E-state index contributed by atoms with van der Waals surface area (Å²) in [5.74, 6) is -1.48. The van der Waals surface area contributed by atoms with Gasteiger partial charge in [0.25, 0.3) is 5.91 Å². The number of hydrogen-bond acceptors (Lipinski definition) is 6. The van der Waals surface area contributed by atoms with Crippen molar-refractivity contribution in [1.29, 1.82) is 5.26 Å². The molecule has 0 atom stereocenters. The topological polar surface area (TPSA) is 112 Å². The Balaban J connectivity index is 2.59. The molecule has 3 amide bonds. The smallest absolute Gasteiger partial charge is 0.349 e. The van der Waals surface area contributed by atoms with Crippen molar-refractivity contribution in [3.8, 4) is 6.07 Å². The van der Waals surface area contributed by atoms with Crippen molar-refractivity contribution in [2.24, 2.45) is 5.92 Å². The van der Waals surface area contributed by atoms with Gasteiger partial charge >= 0.3 is 12.0 Å². The number of urea groups is 1. The van der Waals surface area contributed by atoms with Crippen molar-refractivity contribution in [3.05, 3.63) is 35.4 Å². The van der Waals surface area contributed by atoms with Crippen molar-refractivity contribution < 1.29 is 19.1 Å². The third kappa shape index (κ3) is 8.05. The summed E-state index contributed by atoms with van der Waals surface area (Å²) >= 11 is 0. The zero-order chi connectivity index (χ0) is 20.4. The van der Waals surface area contributed by atoms with Gasteiger partial charge in [-0.15, -0.1) is 0 Å². The number of nitriles is 1. The summed E-state index contributed by atoms with van der Waals surface area (Å²) in [5.41, 5.74) is 1.37. The SMILES string of the molecule is CC(C)CNC(=O)NC(=O)COC(=O)/C(C#N)=C/c1ccc(N(C)C)cc1. The number of nitrogens with zero attached hydrogens (tertiary/aromatic N) is 2. The van der Waals surface area contributed by atoms with Crippen LogP contribution in [0.2, 0.25) is 0 Å². The number of rotatable bonds is 7. The van der Waals surface area contributed by atoms with E-state index >= 15 is 0 Å². The first kappa shape index (κ1) is 21.7. The minimum Gasteiger partial charge on any atom is -0.451 e. The molecule has 0 saturated carbocycles. The molecular weight excluding hydrogens is 348 g/mol. The normalized spacial score (nSPS) is 10.7. The molecule has 1 aromatic carbocycles. The molecule has 0 radical (unpaired) electrons. The molecule has 8 heteroatoms. The summed E-state index contributed by atoms with van der Waals surface area (Å²) in [6.07, 6.45) is 1.37. The van der Waals surface area contributed by atoms with Crippen LogP contribution < -0.4 is 15.5 Å². The zero-order valence-electron chi connectivity index (χ0n) is 15.9. The van der Waals surface area contributed by atoms with E-state index in [-0.39, 0.29) is 11.5 Å². The first-order valence-corrected chi connectivity index (χ1v) is 8.37. The number of carbonyl (C=O) groups is 3. The Kier molecular flexibility index (Phi) is 8.53. The average molecular weight is 372 g/mol. The second-order valence-corrected chi connectivity index (χ2v) is 6.38. The van der Waals surface area contributed by atoms with Crippen LogP contribution in [0.15, 0.2) is 29.8 Å². The molecule has 0 unspecified atom stereocenters. The number of imide groups is 1. The number of carbonyl (C=O) groups excluding carboxylic acids is 3. The fraction of sp³-hybridized carbons (Fsp3) is 0.368. The largest absolute Gasteiger partial charge is 0.451 e. The minimum absolute atomic E-state index is 0.235. The summed E-state index contributed by atoms with van der Waals surface area (Å²) < 4.78 is 4.79. The molecule has 0 fully saturated rings. The van der Waals surface area contributed by atoms with E-state index in [2.05, 4.69) is 5.32 Å². The van der Waals surface area contributed by atoms with E-state index in [0.717, 1.165) is 5.69 Å². The average Bonchev–Trinajstić information content (AvgIpc) is 2.62. The summed E-state index contributed by atoms with van der Waals surface area (Å²) in [4.78, 5) is 37.0. The van der Waals surface area contributed by atoms with Crippen LogP contribution in [0.25, 0.3) is 6.08 Å². The van der Waals surface area contributed by atoms with Gasteiger partial charge in [0.05, 0.1) is 0 Å². The van der Waals surface area contributed by atoms with Crippen LogP contribution in [0.1, 0.15) is 19.4 Å². The van der Waals surface area contributed by atoms with E-state index in [4.69, 9.17) is 10.00 Å². The van der Waals surface area contributed by atoms with Gasteiger partial charge < -0.3 is 15.0 Å². The van der Waals surface area contributed by atoms with E-state index in [0.29, 0.717) is 12.1 Å². The predicted molar refractivity (Wildman–Crippen MR) is 102 cm³/mol. The highest BCUT2D eigenvalue weighted by molar-refractivity contribution is 6.00. The van der Waals surface area contributed by atoms with Gasteiger partial charge in [-0.25, -0.2) is 9.59 Å². The molecule has 0 aromatic heterocycles. The second-order valence-electron chi connectivity index (χ2n) is 6.38. The number of ether oxygens (including phenoxy) is 1. The van der Waals surface area contributed by atoms with Gasteiger partial charge in [0.15, 0.2) is 6.61 Å². The van der Waals surface area contributed by atoms with E-state index in [1.54, 1.807) is 18.2 Å². The number of nitrogens with one attached hydrogen (secondary N) is 2. The molecule has 0 bridgehead atoms. The quantitative estimate of drug-likeness (QED) is 0.428. The van der Waals surface area contributed by atoms with Gasteiger partial charge in [0.1, 0.15) is 11.6 Å². The molecule has 2 N–H and O–H groups in total. The minimum atomic E-state index is -0.938. The van der Waals surface area contributed by atoms with Crippen molar-refractivity contribution in [2.45, 2.75) is 13.8 Å². The Morgan fingerprint density at radius 2 is 1.85 bits per heavy atom. The van der Waals surface area contributed by atoms with E-state index in [1.165, 1.54) is 6.08 Å². The fourth-order valence-electron chi connectivity index (χ4n) is 1.88. The van der Waals surface area contributed by atoms with Crippen LogP contribution in [-0.4, -0.2) is 45.2 Å². The fourth-order valence-corrected chi connectivity index (χ4v) is 1.88. The maximum Gasteiger partial charge on any atom is 0.349 e. The molecule has 0 saturated heterocycles. The molecule has 27 heavy (non-hydrogen) atoms. The van der Waals surface area contributed by atoms with Crippen molar-refractivity contribution in [3.63, 3.8) is 0 Å². The Morgan fingerprint density at radius 1 is 1.22 bits per heavy atom. The molecular formula is C19H24N4O4. The molecule has 0 aliphatic rings. The van der Waals surface area contributed by atoms with Gasteiger partial charge in [-0.05, 0) is 29.7 Å². The lowest BCUT2D eigenvalue weighted by Gasteiger charge is -2.11. The van der Waals surface area contributed by atoms with Gasteiger partial charge in [-0.1, -0.05) is 26.0 Å². The second kappa shape index (κ2) is 10.6. The summed E-state index contributed by atoms with van der Waals surface area (Å²) in [6.45, 7) is 3.57. The first-order chi connectivity index (χ1) is 12.7. The highest BCUT2D eigenvalue weighted by atomic mass is 16.5. The predicted octanol–water partition coefficient (Wildman–Crippen LogP) is 1.68. The number of hydrogen-bond donors (Lipinski definition) is 2. The van der Waals surface area contributed by atoms with Crippen LogP contribution in [0.5, 0.6) is 0 Å². The number of anilines is 1.